The molecule has 0 atom stereocenters. The molecule has 0 saturated carbocycles. The molecule has 2 N–H and O–H groups in total. The van der Waals surface area contributed by atoms with Crippen molar-refractivity contribution in [1.29, 1.82) is 0 Å². The van der Waals surface area contributed by atoms with Crippen LogP contribution in [0.1, 0.15) is 25.8 Å². The van der Waals surface area contributed by atoms with E-state index >= 15 is 0 Å². The predicted octanol–water partition coefficient (Wildman–Crippen LogP) is 2.13. The fourth-order valence-corrected chi connectivity index (χ4v) is 2.04. The first-order valence-electron chi connectivity index (χ1n) is 7.08. The van der Waals surface area contributed by atoms with Crippen LogP contribution in [-0.2, 0) is 14.9 Å². The minimum absolute atomic E-state index is 0. The van der Waals surface area contributed by atoms with Gasteiger partial charge in [0, 0.05) is 33.2 Å². The second-order valence-electron chi connectivity index (χ2n) is 5.52. The van der Waals surface area contributed by atoms with Gasteiger partial charge in [-0.25, -0.2) is 0 Å². The molecule has 1 rings (SSSR count). The summed E-state index contributed by atoms with van der Waals surface area (Å²) in [5.41, 5.74) is 1.04. The van der Waals surface area contributed by atoms with E-state index in [1.807, 2.05) is 18.2 Å². The summed E-state index contributed by atoms with van der Waals surface area (Å²) >= 11 is 0. The minimum Gasteiger partial charge on any atom is -0.383 e. The third-order valence-corrected chi connectivity index (χ3v) is 3.26. The third-order valence-electron chi connectivity index (χ3n) is 3.26. The Morgan fingerprint density at radius 1 is 1.14 bits per heavy atom. The highest BCUT2D eigenvalue weighted by atomic mass is 35.5. The van der Waals surface area contributed by atoms with Crippen molar-refractivity contribution in [2.75, 3.05) is 33.4 Å². The maximum absolute atomic E-state index is 12.0. The molecule has 0 heterocycles. The lowest BCUT2D eigenvalue weighted by Gasteiger charge is -2.24. The molecule has 0 aliphatic heterocycles. The van der Waals surface area contributed by atoms with Gasteiger partial charge in [-0.05, 0) is 11.0 Å². The SMILES string of the molecule is COCCNCCNC(=O)CC(C)(C)c1ccccc1.Cl. The number of nitrogens with one attached hydrogen (secondary N) is 2. The molecule has 0 spiro atoms. The van der Waals surface area contributed by atoms with Crippen molar-refractivity contribution >= 4 is 18.3 Å². The number of carbonyl (C=O) groups is 1. The summed E-state index contributed by atoms with van der Waals surface area (Å²) in [6, 6.07) is 10.1. The molecule has 0 aliphatic carbocycles. The summed E-state index contributed by atoms with van der Waals surface area (Å²) in [4.78, 5) is 12.0. The summed E-state index contributed by atoms with van der Waals surface area (Å²) in [5.74, 6) is 0.0902. The number of halogens is 1. The van der Waals surface area contributed by atoms with E-state index in [0.29, 0.717) is 19.6 Å². The fourth-order valence-electron chi connectivity index (χ4n) is 2.04. The first-order chi connectivity index (χ1) is 9.56. The second kappa shape index (κ2) is 10.6. The molecular formula is C16H27ClN2O2. The van der Waals surface area contributed by atoms with E-state index < -0.39 is 0 Å². The molecule has 120 valence electrons. The van der Waals surface area contributed by atoms with Crippen LogP contribution in [-0.4, -0.2) is 39.3 Å². The summed E-state index contributed by atoms with van der Waals surface area (Å²) in [6.45, 7) is 7.10. The number of methoxy groups -OCH3 is 1. The zero-order chi connectivity index (χ0) is 14.8. The number of benzene rings is 1. The van der Waals surface area contributed by atoms with Gasteiger partial charge in [-0.1, -0.05) is 44.2 Å². The molecule has 4 nitrogen and oxygen atoms in total. The zero-order valence-electron chi connectivity index (χ0n) is 13.1. The molecular weight excluding hydrogens is 288 g/mol. The maximum atomic E-state index is 12.0. The van der Waals surface area contributed by atoms with Crippen molar-refractivity contribution in [3.05, 3.63) is 35.9 Å². The van der Waals surface area contributed by atoms with Gasteiger partial charge in [0.15, 0.2) is 0 Å². The van der Waals surface area contributed by atoms with Gasteiger partial charge in [0.1, 0.15) is 0 Å². The van der Waals surface area contributed by atoms with Crippen molar-refractivity contribution in [2.45, 2.75) is 25.7 Å². The first kappa shape index (κ1) is 19.9. The molecule has 1 amide bonds. The lowest BCUT2D eigenvalue weighted by atomic mass is 9.81. The van der Waals surface area contributed by atoms with Crippen LogP contribution in [0.25, 0.3) is 0 Å². The van der Waals surface area contributed by atoms with Gasteiger partial charge in [0.2, 0.25) is 5.91 Å². The van der Waals surface area contributed by atoms with Crippen molar-refractivity contribution in [3.8, 4) is 0 Å². The maximum Gasteiger partial charge on any atom is 0.220 e. The Labute approximate surface area is 134 Å². The molecule has 0 fully saturated rings. The molecule has 0 saturated heterocycles. The van der Waals surface area contributed by atoms with Crippen molar-refractivity contribution in [3.63, 3.8) is 0 Å². The normalized spacial score (nSPS) is 10.8. The Bertz CT molecular complexity index is 397. The minimum atomic E-state index is -0.144. The van der Waals surface area contributed by atoms with Crippen LogP contribution in [0.5, 0.6) is 0 Å². The van der Waals surface area contributed by atoms with Gasteiger partial charge >= 0.3 is 0 Å². The average Bonchev–Trinajstić information content (AvgIpc) is 2.43. The molecule has 0 unspecified atom stereocenters. The lowest BCUT2D eigenvalue weighted by molar-refractivity contribution is -0.122. The molecule has 0 radical (unpaired) electrons. The van der Waals surface area contributed by atoms with Crippen molar-refractivity contribution in [2.24, 2.45) is 0 Å². The van der Waals surface area contributed by atoms with Gasteiger partial charge < -0.3 is 15.4 Å². The Balaban J connectivity index is 0.00000400. The molecule has 21 heavy (non-hydrogen) atoms. The summed E-state index contributed by atoms with van der Waals surface area (Å²) in [6.07, 6.45) is 0.495. The number of carbonyl (C=O) groups excluding carboxylic acids is 1. The van der Waals surface area contributed by atoms with E-state index in [0.717, 1.165) is 13.1 Å². The Morgan fingerprint density at radius 2 is 1.81 bits per heavy atom. The molecule has 1 aromatic carbocycles. The Hall–Kier alpha value is -1.10. The number of ether oxygens (including phenoxy) is 1. The van der Waals surface area contributed by atoms with Crippen LogP contribution >= 0.6 is 12.4 Å². The number of hydrogen-bond donors (Lipinski definition) is 2. The van der Waals surface area contributed by atoms with E-state index in [1.54, 1.807) is 7.11 Å². The molecule has 5 heteroatoms. The van der Waals surface area contributed by atoms with Gasteiger partial charge in [0.05, 0.1) is 6.61 Å². The Kier molecular flexibility index (Phi) is 10.0. The van der Waals surface area contributed by atoms with Gasteiger partial charge in [-0.2, -0.15) is 0 Å². The smallest absolute Gasteiger partial charge is 0.220 e. The molecule has 0 bridgehead atoms. The summed E-state index contributed by atoms with van der Waals surface area (Å²) in [7, 11) is 1.68. The predicted molar refractivity (Wildman–Crippen MR) is 89.1 cm³/mol. The van der Waals surface area contributed by atoms with Crippen LogP contribution in [0.4, 0.5) is 0 Å². The monoisotopic (exact) mass is 314 g/mol. The highest BCUT2D eigenvalue weighted by molar-refractivity contribution is 5.85. The molecule has 1 aromatic rings. The van der Waals surface area contributed by atoms with Gasteiger partial charge in [-0.3, -0.25) is 4.79 Å². The van der Waals surface area contributed by atoms with Crippen LogP contribution in [0.2, 0.25) is 0 Å². The average molecular weight is 315 g/mol. The Morgan fingerprint density at radius 3 is 2.43 bits per heavy atom. The van der Waals surface area contributed by atoms with E-state index in [1.165, 1.54) is 5.56 Å². The second-order valence-corrected chi connectivity index (χ2v) is 5.52. The first-order valence-corrected chi connectivity index (χ1v) is 7.08. The zero-order valence-corrected chi connectivity index (χ0v) is 14.0. The highest BCUT2D eigenvalue weighted by Crippen LogP contribution is 2.26. The van der Waals surface area contributed by atoms with Gasteiger partial charge in [-0.15, -0.1) is 12.4 Å². The van der Waals surface area contributed by atoms with Crippen LogP contribution in [0.15, 0.2) is 30.3 Å². The number of hydrogen-bond acceptors (Lipinski definition) is 3. The van der Waals surface area contributed by atoms with E-state index in [4.69, 9.17) is 4.74 Å². The largest absolute Gasteiger partial charge is 0.383 e. The molecule has 0 aromatic heterocycles. The van der Waals surface area contributed by atoms with Gasteiger partial charge in [0.25, 0.3) is 0 Å². The standard InChI is InChI=1S/C16H26N2O2.ClH/c1-16(2,14-7-5-4-6-8-14)13-15(19)18-10-9-17-11-12-20-3;/h4-8,17H,9-13H2,1-3H3,(H,18,19);1H. The van der Waals surface area contributed by atoms with Crippen LogP contribution in [0, 0.1) is 0 Å². The number of rotatable bonds is 9. The lowest BCUT2D eigenvalue weighted by Crippen LogP contribution is -2.36. The van der Waals surface area contributed by atoms with E-state index in [2.05, 4.69) is 36.6 Å². The van der Waals surface area contributed by atoms with Crippen molar-refractivity contribution in [1.82, 2.24) is 10.6 Å². The summed E-state index contributed by atoms with van der Waals surface area (Å²) < 4.78 is 4.93. The number of amides is 1. The van der Waals surface area contributed by atoms with Crippen LogP contribution in [0.3, 0.4) is 0 Å². The van der Waals surface area contributed by atoms with Crippen molar-refractivity contribution < 1.29 is 9.53 Å². The summed E-state index contributed by atoms with van der Waals surface area (Å²) in [5, 5.41) is 6.14. The van der Waals surface area contributed by atoms with E-state index in [9.17, 15) is 4.79 Å². The highest BCUT2D eigenvalue weighted by Gasteiger charge is 2.23. The topological polar surface area (TPSA) is 50.4 Å². The fraction of sp³-hybridized carbons (Fsp3) is 0.562. The quantitative estimate of drug-likeness (QED) is 0.687. The third kappa shape index (κ3) is 8.05. The van der Waals surface area contributed by atoms with E-state index in [-0.39, 0.29) is 23.7 Å². The van der Waals surface area contributed by atoms with Crippen LogP contribution < -0.4 is 10.6 Å². The molecule has 0 aliphatic rings.